The molecule has 0 bridgehead atoms. The van der Waals surface area contributed by atoms with Gasteiger partial charge in [0.05, 0.1) is 4.90 Å². The minimum atomic E-state index is -3.72. The van der Waals surface area contributed by atoms with Gasteiger partial charge in [-0.2, -0.15) is 9.40 Å². The van der Waals surface area contributed by atoms with Gasteiger partial charge in [-0.1, -0.05) is 19.1 Å². The minimum absolute atomic E-state index is 0.152. The molecule has 0 aliphatic heterocycles. The quantitative estimate of drug-likeness (QED) is 0.711. The molecule has 0 saturated heterocycles. The van der Waals surface area contributed by atoms with Crippen LogP contribution in [0, 0.1) is 5.82 Å². The average Bonchev–Trinajstić information content (AvgIpc) is 3.03. The molecule has 0 aliphatic carbocycles. The minimum Gasteiger partial charge on any atom is -0.221 e. The number of aromatic nitrogens is 3. The van der Waals surface area contributed by atoms with Gasteiger partial charge in [-0.05, 0) is 30.7 Å². The predicted molar refractivity (Wildman–Crippen MR) is 87.4 cm³/mol. The number of hydrogen-bond donors (Lipinski definition) is 0. The maximum Gasteiger partial charge on any atom is 0.243 e. The Morgan fingerprint density at radius 1 is 1.25 bits per heavy atom. The molecule has 0 saturated carbocycles. The zero-order valence-corrected chi connectivity index (χ0v) is 14.1. The van der Waals surface area contributed by atoms with Crippen LogP contribution in [0.1, 0.15) is 25.5 Å². The summed E-state index contributed by atoms with van der Waals surface area (Å²) >= 11 is 0. The summed E-state index contributed by atoms with van der Waals surface area (Å²) in [6.45, 7) is 3.84. The number of sulfonamides is 1. The van der Waals surface area contributed by atoms with Crippen molar-refractivity contribution in [1.82, 2.24) is 18.9 Å². The van der Waals surface area contributed by atoms with Gasteiger partial charge in [-0.25, -0.2) is 22.3 Å². The molecule has 2 aromatic heterocycles. The van der Waals surface area contributed by atoms with Gasteiger partial charge >= 0.3 is 0 Å². The summed E-state index contributed by atoms with van der Waals surface area (Å²) in [6.07, 6.45) is 2.93. The molecule has 24 heavy (non-hydrogen) atoms. The van der Waals surface area contributed by atoms with Crippen LogP contribution in [0.2, 0.25) is 0 Å². The Balaban J connectivity index is 1.99. The molecule has 3 rings (SSSR count). The second kappa shape index (κ2) is 6.29. The fourth-order valence-electron chi connectivity index (χ4n) is 2.65. The number of halogens is 1. The second-order valence-corrected chi connectivity index (χ2v) is 7.25. The number of nitrogens with zero attached hydrogens (tertiary/aromatic N) is 4. The summed E-state index contributed by atoms with van der Waals surface area (Å²) in [4.78, 5) is 4.17. The predicted octanol–water partition coefficient (Wildman–Crippen LogP) is 2.64. The van der Waals surface area contributed by atoms with E-state index in [-0.39, 0.29) is 10.7 Å². The number of rotatable bonds is 5. The highest BCUT2D eigenvalue weighted by Gasteiger charge is 2.29. The van der Waals surface area contributed by atoms with Crippen LogP contribution in [0.4, 0.5) is 4.39 Å². The van der Waals surface area contributed by atoms with Gasteiger partial charge < -0.3 is 0 Å². The first-order valence-corrected chi connectivity index (χ1v) is 8.94. The molecule has 0 aliphatic rings. The van der Waals surface area contributed by atoms with Crippen LogP contribution >= 0.6 is 0 Å². The van der Waals surface area contributed by atoms with Gasteiger partial charge in [0.1, 0.15) is 12.1 Å². The molecule has 3 aromatic rings. The van der Waals surface area contributed by atoms with Crippen LogP contribution in [-0.4, -0.2) is 33.9 Å². The van der Waals surface area contributed by atoms with Crippen LogP contribution in [-0.2, 0) is 10.0 Å². The lowest BCUT2D eigenvalue weighted by atomic mass is 10.1. The molecule has 0 unspecified atom stereocenters. The molecule has 1 aromatic carbocycles. The lowest BCUT2D eigenvalue weighted by molar-refractivity contribution is 0.357. The van der Waals surface area contributed by atoms with Gasteiger partial charge in [-0.3, -0.25) is 0 Å². The van der Waals surface area contributed by atoms with Gasteiger partial charge in [0.15, 0.2) is 5.65 Å². The van der Waals surface area contributed by atoms with E-state index in [9.17, 15) is 12.8 Å². The SMILES string of the molecule is CCN([C@@H](C)c1ccc(F)cc1)S(=O)(=O)c1ccn2ncnc2c1. The highest BCUT2D eigenvalue weighted by Crippen LogP contribution is 2.27. The van der Waals surface area contributed by atoms with Crippen molar-refractivity contribution in [1.29, 1.82) is 0 Å². The van der Waals surface area contributed by atoms with Gasteiger partial charge in [0.2, 0.25) is 10.0 Å². The molecule has 126 valence electrons. The van der Waals surface area contributed by atoms with Crippen molar-refractivity contribution in [2.45, 2.75) is 24.8 Å². The maximum absolute atomic E-state index is 13.1. The van der Waals surface area contributed by atoms with Crippen molar-refractivity contribution in [2.24, 2.45) is 0 Å². The lowest BCUT2D eigenvalue weighted by Gasteiger charge is -2.27. The van der Waals surface area contributed by atoms with Crippen molar-refractivity contribution < 1.29 is 12.8 Å². The van der Waals surface area contributed by atoms with Crippen LogP contribution in [0.5, 0.6) is 0 Å². The molecular formula is C16H17FN4O2S. The summed E-state index contributed by atoms with van der Waals surface area (Å²) in [5, 5.41) is 3.96. The Labute approximate surface area is 139 Å². The molecule has 6 nitrogen and oxygen atoms in total. The maximum atomic E-state index is 13.1. The molecular weight excluding hydrogens is 331 g/mol. The van der Waals surface area contributed by atoms with Crippen molar-refractivity contribution in [3.63, 3.8) is 0 Å². The first-order chi connectivity index (χ1) is 11.4. The Kier molecular flexibility index (Phi) is 4.33. The number of benzene rings is 1. The van der Waals surface area contributed by atoms with Crippen molar-refractivity contribution in [3.8, 4) is 0 Å². The zero-order chi connectivity index (χ0) is 17.3. The first kappa shape index (κ1) is 16.5. The molecule has 1 atom stereocenters. The lowest BCUT2D eigenvalue weighted by Crippen LogP contribution is -2.33. The highest BCUT2D eigenvalue weighted by atomic mass is 32.2. The Hall–Kier alpha value is -2.32. The highest BCUT2D eigenvalue weighted by molar-refractivity contribution is 7.89. The second-order valence-electron chi connectivity index (χ2n) is 5.36. The van der Waals surface area contributed by atoms with E-state index in [0.717, 1.165) is 5.56 Å². The van der Waals surface area contributed by atoms with E-state index < -0.39 is 16.1 Å². The van der Waals surface area contributed by atoms with E-state index in [1.165, 1.54) is 39.4 Å². The molecule has 0 amide bonds. The summed E-state index contributed by atoms with van der Waals surface area (Å²) in [7, 11) is -3.72. The van der Waals surface area contributed by atoms with Crippen molar-refractivity contribution in [3.05, 3.63) is 60.3 Å². The molecule has 0 N–H and O–H groups in total. The van der Waals surface area contributed by atoms with Gasteiger partial charge in [-0.15, -0.1) is 0 Å². The third kappa shape index (κ3) is 2.90. The Morgan fingerprint density at radius 3 is 2.62 bits per heavy atom. The monoisotopic (exact) mass is 348 g/mol. The molecule has 2 heterocycles. The third-order valence-electron chi connectivity index (χ3n) is 3.95. The van der Waals surface area contributed by atoms with Crippen LogP contribution in [0.25, 0.3) is 5.65 Å². The summed E-state index contributed by atoms with van der Waals surface area (Å²) in [5.41, 5.74) is 1.19. The summed E-state index contributed by atoms with van der Waals surface area (Å²) in [5.74, 6) is -0.353. The van der Waals surface area contributed by atoms with Gasteiger partial charge in [0.25, 0.3) is 0 Å². The smallest absolute Gasteiger partial charge is 0.221 e. The van der Waals surface area contributed by atoms with E-state index >= 15 is 0 Å². The number of fused-ring (bicyclic) bond motifs is 1. The summed E-state index contributed by atoms with van der Waals surface area (Å²) in [6, 6.07) is 8.41. The topological polar surface area (TPSA) is 67.6 Å². The zero-order valence-electron chi connectivity index (χ0n) is 13.3. The standard InChI is InChI=1S/C16H17FN4O2S/c1-3-21(12(2)13-4-6-14(17)7-5-13)24(22,23)15-8-9-20-16(10-15)18-11-19-20/h4-12H,3H2,1-2H3/t12-/m0/s1. The fraction of sp³-hybridized carbons (Fsp3) is 0.250. The van der Waals surface area contributed by atoms with Crippen LogP contribution < -0.4 is 0 Å². The van der Waals surface area contributed by atoms with E-state index in [1.54, 1.807) is 32.2 Å². The normalized spacial score (nSPS) is 13.5. The third-order valence-corrected chi connectivity index (χ3v) is 6.00. The molecule has 0 radical (unpaired) electrons. The first-order valence-electron chi connectivity index (χ1n) is 7.50. The largest absolute Gasteiger partial charge is 0.243 e. The van der Waals surface area contributed by atoms with Gasteiger partial charge in [0, 0.05) is 24.8 Å². The Morgan fingerprint density at radius 2 is 1.96 bits per heavy atom. The average molecular weight is 348 g/mol. The van der Waals surface area contributed by atoms with Crippen molar-refractivity contribution >= 4 is 15.7 Å². The Bertz CT molecular complexity index is 954. The van der Waals surface area contributed by atoms with Crippen molar-refractivity contribution in [2.75, 3.05) is 6.54 Å². The molecule has 0 spiro atoms. The molecule has 8 heteroatoms. The van der Waals surface area contributed by atoms with E-state index in [1.807, 2.05) is 0 Å². The fourth-order valence-corrected chi connectivity index (χ4v) is 4.29. The summed E-state index contributed by atoms with van der Waals surface area (Å²) < 4.78 is 42.0. The van der Waals surface area contributed by atoms with E-state index in [0.29, 0.717) is 12.2 Å². The van der Waals surface area contributed by atoms with E-state index in [2.05, 4.69) is 10.1 Å². The number of hydrogen-bond acceptors (Lipinski definition) is 4. The number of pyridine rings is 1. The van der Waals surface area contributed by atoms with E-state index in [4.69, 9.17) is 0 Å². The molecule has 0 fully saturated rings. The van der Waals surface area contributed by atoms with Crippen LogP contribution in [0.3, 0.4) is 0 Å². The van der Waals surface area contributed by atoms with Crippen LogP contribution in [0.15, 0.2) is 53.8 Å².